The number of ether oxygens (including phenoxy) is 1. The van der Waals surface area contributed by atoms with E-state index in [0.717, 1.165) is 49.0 Å². The Morgan fingerprint density at radius 2 is 2.10 bits per heavy atom. The first-order valence-corrected chi connectivity index (χ1v) is 13.8. The zero-order valence-electron chi connectivity index (χ0n) is 17.8. The Morgan fingerprint density at radius 3 is 2.77 bits per heavy atom. The van der Waals surface area contributed by atoms with E-state index in [1.807, 2.05) is 12.4 Å². The number of thiophene rings is 1. The molecular weight excluding hydrogens is 442 g/mol. The standard InChI is InChI=1S/C21H30ClN3O3S2/c1-15(2)17-14-28-21(18-10-19(22)29-20(17)18)4-6-24(7-5-21)12-16-11-23-25(13-16)8-9-30(3,26)27/h10-11,13,15,17H,4-9,12,14H2,1-3H3. The summed E-state index contributed by atoms with van der Waals surface area (Å²) >= 11 is 8.15. The topological polar surface area (TPSA) is 64.4 Å². The van der Waals surface area contributed by atoms with E-state index in [2.05, 4.69) is 29.9 Å². The summed E-state index contributed by atoms with van der Waals surface area (Å²) in [6, 6.07) is 2.14. The predicted molar refractivity (Wildman–Crippen MR) is 121 cm³/mol. The lowest BCUT2D eigenvalue weighted by Crippen LogP contribution is -2.46. The summed E-state index contributed by atoms with van der Waals surface area (Å²) in [5, 5.41) is 4.31. The summed E-state index contributed by atoms with van der Waals surface area (Å²) in [5.41, 5.74) is 2.22. The Bertz CT molecular complexity index is 991. The van der Waals surface area contributed by atoms with Crippen molar-refractivity contribution < 1.29 is 13.2 Å². The van der Waals surface area contributed by atoms with Gasteiger partial charge in [0.05, 0.1) is 35.0 Å². The van der Waals surface area contributed by atoms with Crippen molar-refractivity contribution in [2.75, 3.05) is 31.7 Å². The molecule has 166 valence electrons. The third kappa shape index (κ3) is 4.78. The van der Waals surface area contributed by atoms with E-state index in [0.29, 0.717) is 18.4 Å². The summed E-state index contributed by atoms with van der Waals surface area (Å²) < 4.78 is 31.8. The highest BCUT2D eigenvalue weighted by Crippen LogP contribution is 2.50. The molecule has 30 heavy (non-hydrogen) atoms. The highest BCUT2D eigenvalue weighted by atomic mass is 35.5. The van der Waals surface area contributed by atoms with Gasteiger partial charge in [0.25, 0.3) is 0 Å². The molecule has 2 aliphatic heterocycles. The maximum Gasteiger partial charge on any atom is 0.149 e. The fraction of sp³-hybridized carbons (Fsp3) is 0.667. The summed E-state index contributed by atoms with van der Waals surface area (Å²) in [4.78, 5) is 3.84. The van der Waals surface area contributed by atoms with Crippen molar-refractivity contribution >= 4 is 32.8 Å². The molecule has 9 heteroatoms. The SMILES string of the molecule is CC(C)C1COC2(CCN(Cc3cnn(CCS(C)(=O)=O)c3)CC2)c2cc(Cl)sc21. The molecule has 1 atom stereocenters. The first-order valence-electron chi connectivity index (χ1n) is 10.5. The number of aromatic nitrogens is 2. The smallest absolute Gasteiger partial charge is 0.149 e. The van der Waals surface area contributed by atoms with Crippen LogP contribution in [0.5, 0.6) is 0 Å². The van der Waals surface area contributed by atoms with Crippen LogP contribution in [0.25, 0.3) is 0 Å². The Labute approximate surface area is 188 Å². The van der Waals surface area contributed by atoms with Crippen LogP contribution in [0.2, 0.25) is 4.34 Å². The molecule has 1 fully saturated rings. The molecule has 4 rings (SSSR count). The average Bonchev–Trinajstić information content (AvgIpc) is 3.28. The monoisotopic (exact) mass is 471 g/mol. The summed E-state index contributed by atoms with van der Waals surface area (Å²) in [7, 11) is -2.98. The molecule has 0 aromatic carbocycles. The minimum absolute atomic E-state index is 0.112. The first kappa shape index (κ1) is 22.3. The Kier molecular flexibility index (Phi) is 6.34. The zero-order valence-corrected chi connectivity index (χ0v) is 20.2. The lowest BCUT2D eigenvalue weighted by atomic mass is 9.78. The fourth-order valence-electron chi connectivity index (χ4n) is 4.52. The quantitative estimate of drug-likeness (QED) is 0.639. The van der Waals surface area contributed by atoms with Gasteiger partial charge in [0.15, 0.2) is 0 Å². The van der Waals surface area contributed by atoms with Gasteiger partial charge in [-0.05, 0) is 30.4 Å². The molecule has 4 heterocycles. The van der Waals surface area contributed by atoms with Gasteiger partial charge >= 0.3 is 0 Å². The number of halogens is 1. The largest absolute Gasteiger partial charge is 0.369 e. The molecule has 1 spiro atoms. The maximum atomic E-state index is 11.4. The molecule has 0 amide bonds. The number of likely N-dealkylation sites (tertiary alicyclic amines) is 1. The molecule has 0 radical (unpaired) electrons. The van der Waals surface area contributed by atoms with Crippen LogP contribution in [0.4, 0.5) is 0 Å². The van der Waals surface area contributed by atoms with Gasteiger partial charge in [-0.15, -0.1) is 11.3 Å². The molecule has 2 aliphatic rings. The van der Waals surface area contributed by atoms with Gasteiger partial charge in [-0.25, -0.2) is 8.42 Å². The van der Waals surface area contributed by atoms with Gasteiger partial charge in [-0.3, -0.25) is 9.58 Å². The molecule has 2 aromatic rings. The number of nitrogens with zero attached hydrogens (tertiary/aromatic N) is 3. The minimum Gasteiger partial charge on any atom is -0.369 e. The van der Waals surface area contributed by atoms with Crippen molar-refractivity contribution in [1.29, 1.82) is 0 Å². The zero-order chi connectivity index (χ0) is 21.5. The van der Waals surface area contributed by atoms with Crippen molar-refractivity contribution in [2.45, 2.75) is 51.3 Å². The molecule has 0 aliphatic carbocycles. The van der Waals surface area contributed by atoms with E-state index < -0.39 is 9.84 Å². The van der Waals surface area contributed by atoms with Crippen LogP contribution in [0, 0.1) is 5.92 Å². The van der Waals surface area contributed by atoms with Crippen molar-refractivity contribution in [3.05, 3.63) is 38.8 Å². The number of fused-ring (bicyclic) bond motifs is 2. The van der Waals surface area contributed by atoms with Crippen LogP contribution in [0.15, 0.2) is 18.5 Å². The lowest BCUT2D eigenvalue weighted by Gasteiger charge is -2.46. The van der Waals surface area contributed by atoms with Gasteiger partial charge in [0.2, 0.25) is 0 Å². The van der Waals surface area contributed by atoms with E-state index in [4.69, 9.17) is 16.3 Å². The highest BCUT2D eigenvalue weighted by molar-refractivity contribution is 7.90. The maximum absolute atomic E-state index is 11.4. The third-order valence-corrected chi connectivity index (χ3v) is 8.67. The minimum atomic E-state index is -2.98. The second kappa shape index (κ2) is 8.54. The van der Waals surface area contributed by atoms with Gasteiger partial charge in [0, 0.05) is 48.4 Å². The van der Waals surface area contributed by atoms with Gasteiger partial charge in [0.1, 0.15) is 9.84 Å². The number of hydrogen-bond acceptors (Lipinski definition) is 6. The van der Waals surface area contributed by atoms with Gasteiger partial charge < -0.3 is 4.74 Å². The van der Waals surface area contributed by atoms with Crippen LogP contribution >= 0.6 is 22.9 Å². The van der Waals surface area contributed by atoms with Crippen LogP contribution in [0.3, 0.4) is 0 Å². The Hall–Kier alpha value is -0.930. The Morgan fingerprint density at radius 1 is 1.37 bits per heavy atom. The van der Waals surface area contributed by atoms with Crippen LogP contribution < -0.4 is 0 Å². The Balaban J connectivity index is 1.39. The first-order chi connectivity index (χ1) is 14.2. The fourth-order valence-corrected chi connectivity index (χ4v) is 6.63. The molecule has 0 bridgehead atoms. The molecule has 6 nitrogen and oxygen atoms in total. The normalized spacial score (nSPS) is 22.0. The van der Waals surface area contributed by atoms with Crippen molar-refractivity contribution in [3.8, 4) is 0 Å². The van der Waals surface area contributed by atoms with Crippen LogP contribution in [-0.4, -0.2) is 54.8 Å². The van der Waals surface area contributed by atoms with E-state index >= 15 is 0 Å². The van der Waals surface area contributed by atoms with E-state index in [-0.39, 0.29) is 11.4 Å². The average molecular weight is 472 g/mol. The van der Waals surface area contributed by atoms with Crippen LogP contribution in [-0.2, 0) is 33.3 Å². The molecule has 0 N–H and O–H groups in total. The van der Waals surface area contributed by atoms with Gasteiger partial charge in [-0.2, -0.15) is 5.10 Å². The summed E-state index contributed by atoms with van der Waals surface area (Å²) in [6.45, 7) is 8.40. The number of sulfone groups is 1. The third-order valence-electron chi connectivity index (χ3n) is 6.35. The van der Waals surface area contributed by atoms with Gasteiger partial charge in [-0.1, -0.05) is 25.4 Å². The second-order valence-electron chi connectivity index (χ2n) is 9.00. The van der Waals surface area contributed by atoms with Crippen molar-refractivity contribution in [3.63, 3.8) is 0 Å². The number of aryl methyl sites for hydroxylation is 1. The van der Waals surface area contributed by atoms with E-state index in [1.165, 1.54) is 16.7 Å². The molecule has 1 saturated heterocycles. The summed E-state index contributed by atoms with van der Waals surface area (Å²) in [5.74, 6) is 1.08. The van der Waals surface area contributed by atoms with Crippen LogP contribution in [0.1, 0.15) is 48.6 Å². The van der Waals surface area contributed by atoms with Crippen molar-refractivity contribution in [1.82, 2.24) is 14.7 Å². The highest BCUT2D eigenvalue weighted by Gasteiger charge is 2.45. The molecule has 1 unspecified atom stereocenters. The lowest BCUT2D eigenvalue weighted by molar-refractivity contribution is -0.109. The molecular formula is C21H30ClN3O3S2. The number of piperidine rings is 1. The van der Waals surface area contributed by atoms with E-state index in [9.17, 15) is 8.42 Å². The summed E-state index contributed by atoms with van der Waals surface area (Å²) in [6.07, 6.45) is 6.97. The molecule has 2 aromatic heterocycles. The number of hydrogen-bond donors (Lipinski definition) is 0. The number of rotatable bonds is 6. The molecule has 0 saturated carbocycles. The van der Waals surface area contributed by atoms with E-state index in [1.54, 1.807) is 16.0 Å². The second-order valence-corrected chi connectivity index (χ2v) is 13.0. The predicted octanol–water partition coefficient (Wildman–Crippen LogP) is 3.90. The van der Waals surface area contributed by atoms with Crippen molar-refractivity contribution in [2.24, 2.45) is 5.92 Å².